The van der Waals surface area contributed by atoms with Gasteiger partial charge in [-0.2, -0.15) is 0 Å². The lowest BCUT2D eigenvalue weighted by Crippen LogP contribution is -2.24. The van der Waals surface area contributed by atoms with Crippen LogP contribution in [0.3, 0.4) is 0 Å². The van der Waals surface area contributed by atoms with E-state index in [2.05, 4.69) is 0 Å². The topological polar surface area (TPSA) is 60.2 Å². The molecule has 78 valence electrons. The van der Waals surface area contributed by atoms with E-state index in [9.17, 15) is 8.42 Å². The predicted octanol–water partition coefficient (Wildman–Crippen LogP) is 0.940. The maximum atomic E-state index is 11.4. The standard InChI is InChI=1S/C9H19NO2S/c10-6-7-13(11,12)8-9-4-2-1-3-5-9/h9H,1-8,10H2. The van der Waals surface area contributed by atoms with E-state index in [-0.39, 0.29) is 12.3 Å². The normalized spacial score (nSPS) is 20.4. The Hall–Kier alpha value is -0.0900. The molecule has 3 nitrogen and oxygen atoms in total. The molecule has 1 aliphatic carbocycles. The van der Waals surface area contributed by atoms with Crippen molar-refractivity contribution in [1.82, 2.24) is 0 Å². The van der Waals surface area contributed by atoms with Crippen LogP contribution >= 0.6 is 0 Å². The number of nitrogens with two attached hydrogens (primary N) is 1. The predicted molar refractivity (Wildman–Crippen MR) is 54.3 cm³/mol. The molecule has 0 unspecified atom stereocenters. The summed E-state index contributed by atoms with van der Waals surface area (Å²) in [4.78, 5) is 0. The maximum Gasteiger partial charge on any atom is 0.151 e. The Labute approximate surface area is 80.6 Å². The summed E-state index contributed by atoms with van der Waals surface area (Å²) in [6.45, 7) is 0.259. The van der Waals surface area contributed by atoms with Gasteiger partial charge in [-0.15, -0.1) is 0 Å². The molecular formula is C9H19NO2S. The Balaban J connectivity index is 2.37. The second-order valence-corrected chi connectivity index (χ2v) is 6.14. The van der Waals surface area contributed by atoms with Crippen LogP contribution in [0.2, 0.25) is 0 Å². The fourth-order valence-electron chi connectivity index (χ4n) is 1.98. The summed E-state index contributed by atoms with van der Waals surface area (Å²) in [6.07, 6.45) is 5.84. The van der Waals surface area contributed by atoms with Gasteiger partial charge in [0.15, 0.2) is 9.84 Å². The zero-order chi connectivity index (χ0) is 9.73. The highest BCUT2D eigenvalue weighted by Gasteiger charge is 2.20. The summed E-state index contributed by atoms with van der Waals surface area (Å²) in [5.74, 6) is 0.929. The molecule has 1 aliphatic rings. The van der Waals surface area contributed by atoms with Gasteiger partial charge in [-0.1, -0.05) is 19.3 Å². The van der Waals surface area contributed by atoms with E-state index >= 15 is 0 Å². The zero-order valence-corrected chi connectivity index (χ0v) is 8.85. The summed E-state index contributed by atoms with van der Waals surface area (Å²) < 4.78 is 22.8. The molecular weight excluding hydrogens is 186 g/mol. The molecule has 0 amide bonds. The van der Waals surface area contributed by atoms with Gasteiger partial charge in [-0.25, -0.2) is 8.42 Å². The van der Waals surface area contributed by atoms with Gasteiger partial charge >= 0.3 is 0 Å². The molecule has 13 heavy (non-hydrogen) atoms. The molecule has 1 fully saturated rings. The average Bonchev–Trinajstić information content (AvgIpc) is 2.04. The van der Waals surface area contributed by atoms with Gasteiger partial charge in [0.25, 0.3) is 0 Å². The summed E-state index contributed by atoms with van der Waals surface area (Å²) in [5, 5.41) is 0. The molecule has 0 aromatic rings. The lowest BCUT2D eigenvalue weighted by Gasteiger charge is -2.20. The van der Waals surface area contributed by atoms with Crippen LogP contribution < -0.4 is 5.73 Å². The van der Waals surface area contributed by atoms with Crippen LogP contribution in [0.5, 0.6) is 0 Å². The van der Waals surface area contributed by atoms with E-state index in [0.29, 0.717) is 11.7 Å². The van der Waals surface area contributed by atoms with E-state index < -0.39 is 9.84 Å². The lowest BCUT2D eigenvalue weighted by molar-refractivity contribution is 0.385. The molecule has 0 bridgehead atoms. The quantitative estimate of drug-likeness (QED) is 0.743. The zero-order valence-electron chi connectivity index (χ0n) is 8.04. The Morgan fingerprint density at radius 1 is 1.15 bits per heavy atom. The molecule has 0 radical (unpaired) electrons. The van der Waals surface area contributed by atoms with Crippen LogP contribution in [-0.4, -0.2) is 26.5 Å². The maximum absolute atomic E-state index is 11.4. The van der Waals surface area contributed by atoms with E-state index in [1.807, 2.05) is 0 Å². The smallest absolute Gasteiger partial charge is 0.151 e. The average molecular weight is 205 g/mol. The molecule has 1 rings (SSSR count). The molecule has 2 N–H and O–H groups in total. The summed E-state index contributed by atoms with van der Waals surface area (Å²) in [7, 11) is -2.86. The first-order valence-electron chi connectivity index (χ1n) is 5.04. The highest BCUT2D eigenvalue weighted by molar-refractivity contribution is 7.91. The third-order valence-corrected chi connectivity index (χ3v) is 4.48. The largest absolute Gasteiger partial charge is 0.329 e. The first-order chi connectivity index (χ1) is 6.14. The second-order valence-electron chi connectivity index (χ2n) is 3.91. The van der Waals surface area contributed by atoms with Crippen molar-refractivity contribution in [3.8, 4) is 0 Å². The first-order valence-corrected chi connectivity index (χ1v) is 6.87. The van der Waals surface area contributed by atoms with Crippen molar-refractivity contribution in [2.24, 2.45) is 11.7 Å². The van der Waals surface area contributed by atoms with Gasteiger partial charge in [0, 0.05) is 6.54 Å². The van der Waals surface area contributed by atoms with Gasteiger partial charge < -0.3 is 5.73 Å². The van der Waals surface area contributed by atoms with Crippen molar-refractivity contribution < 1.29 is 8.42 Å². The van der Waals surface area contributed by atoms with Gasteiger partial charge in [0.05, 0.1) is 11.5 Å². The Kier molecular flexibility index (Phi) is 4.19. The molecule has 0 aromatic heterocycles. The van der Waals surface area contributed by atoms with Crippen molar-refractivity contribution >= 4 is 9.84 Å². The highest BCUT2D eigenvalue weighted by Crippen LogP contribution is 2.24. The van der Waals surface area contributed by atoms with Crippen molar-refractivity contribution in [3.63, 3.8) is 0 Å². The number of rotatable bonds is 4. The first kappa shape index (κ1) is 11.0. The van der Waals surface area contributed by atoms with Gasteiger partial charge in [0.2, 0.25) is 0 Å². The summed E-state index contributed by atoms with van der Waals surface area (Å²) in [6, 6.07) is 0. The fraction of sp³-hybridized carbons (Fsp3) is 1.00. The molecule has 4 heteroatoms. The molecule has 0 saturated heterocycles. The summed E-state index contributed by atoms with van der Waals surface area (Å²) >= 11 is 0. The van der Waals surface area contributed by atoms with Crippen LogP contribution in [0, 0.1) is 5.92 Å². The number of hydrogen-bond donors (Lipinski definition) is 1. The minimum atomic E-state index is -2.86. The van der Waals surface area contributed by atoms with Crippen molar-refractivity contribution in [2.75, 3.05) is 18.1 Å². The summed E-state index contributed by atoms with van der Waals surface area (Å²) in [5.41, 5.74) is 5.24. The monoisotopic (exact) mass is 205 g/mol. The molecule has 0 heterocycles. The van der Waals surface area contributed by atoms with Gasteiger partial charge in [0.1, 0.15) is 0 Å². The molecule has 0 atom stereocenters. The third kappa shape index (κ3) is 4.09. The van der Waals surface area contributed by atoms with Crippen LogP contribution in [0.15, 0.2) is 0 Å². The fourth-order valence-corrected chi connectivity index (χ4v) is 3.55. The van der Waals surface area contributed by atoms with Crippen molar-refractivity contribution in [3.05, 3.63) is 0 Å². The SMILES string of the molecule is NCCS(=O)(=O)CC1CCCCC1. The van der Waals surface area contributed by atoms with Crippen LogP contribution in [0.1, 0.15) is 32.1 Å². The third-order valence-electron chi connectivity index (χ3n) is 2.64. The van der Waals surface area contributed by atoms with Crippen LogP contribution in [0.4, 0.5) is 0 Å². The Morgan fingerprint density at radius 2 is 1.77 bits per heavy atom. The van der Waals surface area contributed by atoms with E-state index in [1.54, 1.807) is 0 Å². The van der Waals surface area contributed by atoms with E-state index in [4.69, 9.17) is 5.73 Å². The van der Waals surface area contributed by atoms with Gasteiger partial charge in [-0.05, 0) is 18.8 Å². The van der Waals surface area contributed by atoms with E-state index in [1.165, 1.54) is 19.3 Å². The van der Waals surface area contributed by atoms with Crippen molar-refractivity contribution in [2.45, 2.75) is 32.1 Å². The molecule has 0 spiro atoms. The van der Waals surface area contributed by atoms with E-state index in [0.717, 1.165) is 12.8 Å². The Bertz CT molecular complexity index is 230. The van der Waals surface area contributed by atoms with Crippen LogP contribution in [-0.2, 0) is 9.84 Å². The second kappa shape index (κ2) is 4.96. The highest BCUT2D eigenvalue weighted by atomic mass is 32.2. The molecule has 1 saturated carbocycles. The molecule has 0 aliphatic heterocycles. The number of hydrogen-bond acceptors (Lipinski definition) is 3. The minimum absolute atomic E-state index is 0.156. The molecule has 0 aromatic carbocycles. The lowest BCUT2D eigenvalue weighted by atomic mass is 9.91. The van der Waals surface area contributed by atoms with Crippen LogP contribution in [0.25, 0.3) is 0 Å². The minimum Gasteiger partial charge on any atom is -0.329 e. The number of sulfone groups is 1. The van der Waals surface area contributed by atoms with Gasteiger partial charge in [-0.3, -0.25) is 0 Å². The Morgan fingerprint density at radius 3 is 2.31 bits per heavy atom. The van der Waals surface area contributed by atoms with Crippen molar-refractivity contribution in [1.29, 1.82) is 0 Å².